The van der Waals surface area contributed by atoms with Crippen LogP contribution in [0.3, 0.4) is 0 Å². The van der Waals surface area contributed by atoms with Gasteiger partial charge in [0, 0.05) is 18.8 Å². The van der Waals surface area contributed by atoms with Gasteiger partial charge in [-0.25, -0.2) is 4.39 Å². The Morgan fingerprint density at radius 2 is 1.78 bits per heavy atom. The van der Waals surface area contributed by atoms with Crippen LogP contribution in [0.15, 0.2) is 48.5 Å². The van der Waals surface area contributed by atoms with E-state index in [0.29, 0.717) is 5.69 Å². The average molecular weight is 244 g/mol. The van der Waals surface area contributed by atoms with Crippen molar-refractivity contribution in [3.63, 3.8) is 0 Å². The third-order valence-electron chi connectivity index (χ3n) is 3.00. The van der Waals surface area contributed by atoms with Crippen LogP contribution in [0.1, 0.15) is 18.5 Å². The Labute approximate surface area is 107 Å². The third kappa shape index (κ3) is 2.51. The molecule has 0 aromatic heterocycles. The summed E-state index contributed by atoms with van der Waals surface area (Å²) in [7, 11) is 1.85. The van der Waals surface area contributed by atoms with Crippen molar-refractivity contribution in [2.75, 3.05) is 11.9 Å². The monoisotopic (exact) mass is 244 g/mol. The van der Waals surface area contributed by atoms with Crippen molar-refractivity contribution in [1.29, 1.82) is 0 Å². The van der Waals surface area contributed by atoms with Crippen LogP contribution in [0, 0.1) is 5.82 Å². The lowest BCUT2D eigenvalue weighted by Gasteiger charge is -2.21. The van der Waals surface area contributed by atoms with Crippen LogP contribution in [0.25, 0.3) is 0 Å². The molecule has 0 bridgehead atoms. The fourth-order valence-electron chi connectivity index (χ4n) is 1.87. The van der Waals surface area contributed by atoms with Gasteiger partial charge in [-0.1, -0.05) is 24.3 Å². The Kier molecular flexibility index (Phi) is 3.63. The number of benzene rings is 2. The molecular weight excluding hydrogens is 227 g/mol. The highest BCUT2D eigenvalue weighted by molar-refractivity contribution is 5.63. The fraction of sp³-hybridized carbons (Fsp3) is 0.200. The molecule has 0 saturated carbocycles. The lowest BCUT2D eigenvalue weighted by molar-refractivity contribution is 0.622. The number of para-hydroxylation sites is 1. The second-order valence-corrected chi connectivity index (χ2v) is 4.39. The molecule has 0 fully saturated rings. The average Bonchev–Trinajstić information content (AvgIpc) is 2.38. The molecule has 0 amide bonds. The van der Waals surface area contributed by atoms with Gasteiger partial charge in [0.25, 0.3) is 0 Å². The van der Waals surface area contributed by atoms with Gasteiger partial charge in [0.15, 0.2) is 0 Å². The van der Waals surface area contributed by atoms with Crippen LogP contribution >= 0.6 is 0 Å². The Bertz CT molecular complexity index is 523. The van der Waals surface area contributed by atoms with Crippen molar-refractivity contribution >= 4 is 11.4 Å². The molecule has 0 heterocycles. The molecule has 94 valence electrons. The van der Waals surface area contributed by atoms with E-state index in [2.05, 4.69) is 0 Å². The van der Waals surface area contributed by atoms with Crippen LogP contribution in [0.4, 0.5) is 15.8 Å². The summed E-state index contributed by atoms with van der Waals surface area (Å²) >= 11 is 0. The zero-order valence-electron chi connectivity index (χ0n) is 10.6. The molecule has 0 spiro atoms. The molecule has 2 rings (SSSR count). The van der Waals surface area contributed by atoms with Crippen molar-refractivity contribution in [3.05, 3.63) is 59.9 Å². The quantitative estimate of drug-likeness (QED) is 0.893. The van der Waals surface area contributed by atoms with Gasteiger partial charge in [-0.05, 0) is 36.8 Å². The van der Waals surface area contributed by atoms with Crippen LogP contribution in [0.5, 0.6) is 0 Å². The summed E-state index contributed by atoms with van der Waals surface area (Å²) in [6.45, 7) is 1.84. The van der Waals surface area contributed by atoms with Gasteiger partial charge in [0.05, 0.1) is 5.69 Å². The summed E-state index contributed by atoms with van der Waals surface area (Å²) in [5.41, 5.74) is 8.04. The molecular formula is C15H17FN2. The summed E-state index contributed by atoms with van der Waals surface area (Å²) < 4.78 is 14.0. The number of nitrogens with two attached hydrogens (primary N) is 1. The van der Waals surface area contributed by atoms with Crippen molar-refractivity contribution in [3.8, 4) is 0 Å². The lowest BCUT2D eigenvalue weighted by atomic mass is 10.1. The molecule has 1 atom stereocenters. The van der Waals surface area contributed by atoms with E-state index >= 15 is 0 Å². The first-order valence-corrected chi connectivity index (χ1v) is 5.93. The smallest absolute Gasteiger partial charge is 0.147 e. The van der Waals surface area contributed by atoms with E-state index in [4.69, 9.17) is 5.73 Å². The maximum absolute atomic E-state index is 14.0. The van der Waals surface area contributed by atoms with Gasteiger partial charge in [-0.15, -0.1) is 0 Å². The number of anilines is 2. The molecule has 0 aliphatic carbocycles. The highest BCUT2D eigenvalue weighted by Crippen LogP contribution is 2.27. The minimum Gasteiger partial charge on any atom is -0.342 e. The fourth-order valence-corrected chi connectivity index (χ4v) is 1.87. The SMILES string of the molecule is C[C@@H](N)c1ccc(N(C)c2ccccc2)c(F)c1. The highest BCUT2D eigenvalue weighted by atomic mass is 19.1. The summed E-state index contributed by atoms with van der Waals surface area (Å²) in [4.78, 5) is 1.82. The van der Waals surface area contributed by atoms with E-state index in [-0.39, 0.29) is 11.9 Å². The van der Waals surface area contributed by atoms with Crippen LogP contribution in [0.2, 0.25) is 0 Å². The number of halogens is 1. The minimum atomic E-state index is -0.254. The number of hydrogen-bond acceptors (Lipinski definition) is 2. The van der Waals surface area contributed by atoms with E-state index in [1.807, 2.05) is 55.3 Å². The Hall–Kier alpha value is -1.87. The molecule has 2 aromatic rings. The first kappa shape index (κ1) is 12.6. The third-order valence-corrected chi connectivity index (χ3v) is 3.00. The molecule has 3 heteroatoms. The summed E-state index contributed by atoms with van der Waals surface area (Å²) in [6, 6.07) is 14.7. The zero-order chi connectivity index (χ0) is 13.1. The molecule has 18 heavy (non-hydrogen) atoms. The molecule has 0 aliphatic heterocycles. The van der Waals surface area contributed by atoms with Crippen molar-refractivity contribution in [2.45, 2.75) is 13.0 Å². The van der Waals surface area contributed by atoms with Crippen LogP contribution < -0.4 is 10.6 Å². The summed E-state index contributed by atoms with van der Waals surface area (Å²) in [5, 5.41) is 0. The first-order valence-electron chi connectivity index (χ1n) is 5.93. The van der Waals surface area contributed by atoms with Crippen molar-refractivity contribution in [2.24, 2.45) is 5.73 Å². The molecule has 2 aromatic carbocycles. The molecule has 2 N–H and O–H groups in total. The van der Waals surface area contributed by atoms with E-state index in [1.165, 1.54) is 6.07 Å². The Morgan fingerprint density at radius 1 is 1.11 bits per heavy atom. The predicted octanol–water partition coefficient (Wildman–Crippen LogP) is 3.61. The van der Waals surface area contributed by atoms with Crippen LogP contribution in [-0.4, -0.2) is 7.05 Å². The maximum atomic E-state index is 14.0. The topological polar surface area (TPSA) is 29.3 Å². The number of nitrogens with zero attached hydrogens (tertiary/aromatic N) is 1. The lowest BCUT2D eigenvalue weighted by Crippen LogP contribution is -2.12. The van der Waals surface area contributed by atoms with Gasteiger partial charge < -0.3 is 10.6 Å². The molecule has 0 unspecified atom stereocenters. The van der Waals surface area contributed by atoms with E-state index in [0.717, 1.165) is 11.3 Å². The summed E-state index contributed by atoms with van der Waals surface area (Å²) in [6.07, 6.45) is 0. The number of rotatable bonds is 3. The Balaban J connectivity index is 2.34. The standard InChI is InChI=1S/C15H17FN2/c1-11(17)12-8-9-15(14(16)10-12)18(2)13-6-4-3-5-7-13/h3-11H,17H2,1-2H3/t11-/m1/s1. The molecule has 0 radical (unpaired) electrons. The minimum absolute atomic E-state index is 0.157. The van der Waals surface area contributed by atoms with E-state index in [9.17, 15) is 4.39 Å². The molecule has 0 aliphatic rings. The van der Waals surface area contributed by atoms with Crippen molar-refractivity contribution < 1.29 is 4.39 Å². The van der Waals surface area contributed by atoms with Crippen LogP contribution in [-0.2, 0) is 0 Å². The van der Waals surface area contributed by atoms with Crippen molar-refractivity contribution in [1.82, 2.24) is 0 Å². The normalized spacial score (nSPS) is 12.2. The largest absolute Gasteiger partial charge is 0.342 e. The van der Waals surface area contributed by atoms with Gasteiger partial charge in [0.1, 0.15) is 5.82 Å². The second kappa shape index (κ2) is 5.19. The van der Waals surface area contributed by atoms with Gasteiger partial charge in [-0.2, -0.15) is 0 Å². The maximum Gasteiger partial charge on any atom is 0.147 e. The molecule has 0 saturated heterocycles. The Morgan fingerprint density at radius 3 is 2.33 bits per heavy atom. The first-order chi connectivity index (χ1) is 8.59. The van der Waals surface area contributed by atoms with Gasteiger partial charge in [0.2, 0.25) is 0 Å². The van der Waals surface area contributed by atoms with Gasteiger partial charge in [-0.3, -0.25) is 0 Å². The van der Waals surface area contributed by atoms with E-state index < -0.39 is 0 Å². The van der Waals surface area contributed by atoms with Gasteiger partial charge >= 0.3 is 0 Å². The second-order valence-electron chi connectivity index (χ2n) is 4.39. The molecule has 2 nitrogen and oxygen atoms in total. The zero-order valence-corrected chi connectivity index (χ0v) is 10.6. The predicted molar refractivity (Wildman–Crippen MR) is 73.5 cm³/mol. The highest BCUT2D eigenvalue weighted by Gasteiger charge is 2.11. The van der Waals surface area contributed by atoms with E-state index in [1.54, 1.807) is 6.07 Å². The number of hydrogen-bond donors (Lipinski definition) is 1. The summed E-state index contributed by atoms with van der Waals surface area (Å²) in [5.74, 6) is -0.254.